The molecule has 3 rings (SSSR count). The number of carbonyl (C=O) groups excluding carboxylic acids is 1. The van der Waals surface area contributed by atoms with Crippen LogP contribution in [0, 0.1) is 25.2 Å². The van der Waals surface area contributed by atoms with Crippen LogP contribution in [0.2, 0.25) is 0 Å². The van der Waals surface area contributed by atoms with Crippen LogP contribution < -0.4 is 10.6 Å². The summed E-state index contributed by atoms with van der Waals surface area (Å²) in [5.74, 6) is -0.403. The summed E-state index contributed by atoms with van der Waals surface area (Å²) in [5, 5.41) is 15.4. The van der Waals surface area contributed by atoms with Crippen molar-refractivity contribution in [1.82, 2.24) is 5.32 Å². The third-order valence-corrected chi connectivity index (χ3v) is 5.35. The van der Waals surface area contributed by atoms with E-state index in [4.69, 9.17) is 0 Å². The van der Waals surface area contributed by atoms with E-state index < -0.39 is 5.91 Å². The second-order valence-corrected chi connectivity index (χ2v) is 7.57. The van der Waals surface area contributed by atoms with Crippen molar-refractivity contribution >= 4 is 11.6 Å². The highest BCUT2D eigenvalue weighted by molar-refractivity contribution is 6.06. The molecule has 0 radical (unpaired) electrons. The summed E-state index contributed by atoms with van der Waals surface area (Å²) in [6.07, 6.45) is 6.32. The van der Waals surface area contributed by atoms with Crippen LogP contribution in [0.4, 0.5) is 5.69 Å². The Bertz CT molecular complexity index is 953. The molecule has 1 amide bonds. The van der Waals surface area contributed by atoms with Crippen LogP contribution in [0.1, 0.15) is 53.6 Å². The first-order valence-electron chi connectivity index (χ1n) is 9.84. The lowest BCUT2D eigenvalue weighted by atomic mass is 9.89. The number of nitrogens with zero attached hydrogens (tertiary/aromatic N) is 1. The zero-order valence-corrected chi connectivity index (χ0v) is 16.8. The van der Waals surface area contributed by atoms with Gasteiger partial charge in [0.1, 0.15) is 11.6 Å². The van der Waals surface area contributed by atoms with E-state index in [0.29, 0.717) is 0 Å². The second kappa shape index (κ2) is 8.75. The first-order chi connectivity index (χ1) is 13.5. The molecule has 1 aliphatic carbocycles. The lowest BCUT2D eigenvalue weighted by molar-refractivity contribution is -0.112. The van der Waals surface area contributed by atoms with Crippen LogP contribution in [-0.4, -0.2) is 5.91 Å². The molecule has 0 aliphatic heterocycles. The molecular weight excluding hydrogens is 346 g/mol. The molecule has 0 saturated heterocycles. The average Bonchev–Trinajstić information content (AvgIpc) is 2.70. The maximum absolute atomic E-state index is 12.5. The number of anilines is 1. The molecule has 144 valence electrons. The average molecular weight is 374 g/mol. The number of hydrogen-bond acceptors (Lipinski definition) is 3. The molecular formula is C24H27N3O. The van der Waals surface area contributed by atoms with E-state index in [1.54, 1.807) is 0 Å². The Balaban J connectivity index is 1.68. The fraction of sp³-hybridized carbons (Fsp3) is 0.333. The maximum atomic E-state index is 12.5. The van der Waals surface area contributed by atoms with Crippen LogP contribution in [0.3, 0.4) is 0 Å². The minimum atomic E-state index is -0.403. The smallest absolute Gasteiger partial charge is 0.267 e. The lowest BCUT2D eigenvalue weighted by Gasteiger charge is -2.19. The molecule has 1 unspecified atom stereocenters. The summed E-state index contributed by atoms with van der Waals surface area (Å²) in [7, 11) is 0. The molecule has 0 heterocycles. The third kappa shape index (κ3) is 4.61. The summed E-state index contributed by atoms with van der Waals surface area (Å²) < 4.78 is 0. The molecule has 0 aromatic heterocycles. The molecule has 0 bridgehead atoms. The predicted octanol–water partition coefficient (Wildman–Crippen LogP) is 4.88. The Kier molecular flexibility index (Phi) is 6.16. The molecule has 1 atom stereocenters. The van der Waals surface area contributed by atoms with Crippen molar-refractivity contribution in [2.24, 2.45) is 0 Å². The molecule has 0 spiro atoms. The van der Waals surface area contributed by atoms with Gasteiger partial charge < -0.3 is 10.6 Å². The van der Waals surface area contributed by atoms with E-state index in [1.807, 2.05) is 45.0 Å². The highest BCUT2D eigenvalue weighted by Crippen LogP contribution is 2.25. The van der Waals surface area contributed by atoms with Gasteiger partial charge in [-0.1, -0.05) is 35.9 Å². The molecule has 4 nitrogen and oxygen atoms in total. The van der Waals surface area contributed by atoms with Crippen molar-refractivity contribution in [2.45, 2.75) is 52.5 Å². The Morgan fingerprint density at radius 3 is 2.57 bits per heavy atom. The molecule has 2 N–H and O–H groups in total. The van der Waals surface area contributed by atoms with Gasteiger partial charge in [0.25, 0.3) is 5.91 Å². The van der Waals surface area contributed by atoms with Crippen molar-refractivity contribution in [3.8, 4) is 6.07 Å². The van der Waals surface area contributed by atoms with Gasteiger partial charge >= 0.3 is 0 Å². The number of nitriles is 1. The van der Waals surface area contributed by atoms with E-state index in [1.165, 1.54) is 35.7 Å². The minimum Gasteiger partial charge on any atom is -0.383 e. The quantitative estimate of drug-likeness (QED) is 0.580. The number of benzene rings is 2. The fourth-order valence-corrected chi connectivity index (χ4v) is 3.62. The van der Waals surface area contributed by atoms with E-state index in [2.05, 4.69) is 28.8 Å². The van der Waals surface area contributed by atoms with Gasteiger partial charge in [-0.15, -0.1) is 0 Å². The highest BCUT2D eigenvalue weighted by atomic mass is 16.1. The Morgan fingerprint density at radius 1 is 1.11 bits per heavy atom. The standard InChI is InChI=1S/C24H27N3O/c1-16-8-11-23(17(2)12-16)27-24(28)22(14-25)15-26-18(3)20-10-9-19-6-4-5-7-21(19)13-20/h8-13,15,18,26H,4-7H2,1-3H3,(H,27,28)/b22-15-. The number of nitrogens with one attached hydrogen (secondary N) is 2. The van der Waals surface area contributed by atoms with E-state index in [9.17, 15) is 10.1 Å². The molecule has 2 aromatic carbocycles. The Morgan fingerprint density at radius 2 is 1.86 bits per heavy atom. The maximum Gasteiger partial charge on any atom is 0.267 e. The van der Waals surface area contributed by atoms with Crippen molar-refractivity contribution < 1.29 is 4.79 Å². The number of hydrogen-bond donors (Lipinski definition) is 2. The normalized spacial score (nSPS) is 14.6. The van der Waals surface area contributed by atoms with E-state index in [0.717, 1.165) is 29.7 Å². The van der Waals surface area contributed by atoms with Gasteiger partial charge in [0.2, 0.25) is 0 Å². The van der Waals surface area contributed by atoms with E-state index in [-0.39, 0.29) is 11.6 Å². The van der Waals surface area contributed by atoms with Gasteiger partial charge in [0.05, 0.1) is 0 Å². The number of carbonyl (C=O) groups is 1. The zero-order chi connectivity index (χ0) is 20.1. The van der Waals surface area contributed by atoms with Crippen LogP contribution in [-0.2, 0) is 17.6 Å². The van der Waals surface area contributed by atoms with E-state index >= 15 is 0 Å². The largest absolute Gasteiger partial charge is 0.383 e. The third-order valence-electron chi connectivity index (χ3n) is 5.35. The number of aryl methyl sites for hydroxylation is 4. The first-order valence-corrected chi connectivity index (χ1v) is 9.84. The number of amides is 1. The molecule has 4 heteroatoms. The number of rotatable bonds is 5. The molecule has 28 heavy (non-hydrogen) atoms. The molecule has 2 aromatic rings. The summed E-state index contributed by atoms with van der Waals surface area (Å²) in [6.45, 7) is 5.98. The van der Waals surface area contributed by atoms with Crippen LogP contribution in [0.25, 0.3) is 0 Å². The topological polar surface area (TPSA) is 64.9 Å². The molecule has 1 aliphatic rings. The predicted molar refractivity (Wildman–Crippen MR) is 113 cm³/mol. The van der Waals surface area contributed by atoms with Gasteiger partial charge in [0.15, 0.2) is 0 Å². The zero-order valence-electron chi connectivity index (χ0n) is 16.8. The summed E-state index contributed by atoms with van der Waals surface area (Å²) in [6, 6.07) is 14.4. The van der Waals surface area contributed by atoms with Crippen LogP contribution in [0.5, 0.6) is 0 Å². The monoisotopic (exact) mass is 373 g/mol. The molecule has 0 fully saturated rings. The second-order valence-electron chi connectivity index (χ2n) is 7.57. The van der Waals surface area contributed by atoms with Crippen molar-refractivity contribution in [3.63, 3.8) is 0 Å². The van der Waals surface area contributed by atoms with Gasteiger partial charge in [-0.05, 0) is 74.8 Å². The van der Waals surface area contributed by atoms with Gasteiger partial charge in [-0.25, -0.2) is 0 Å². The van der Waals surface area contributed by atoms with Crippen molar-refractivity contribution in [3.05, 3.63) is 76.0 Å². The lowest BCUT2D eigenvalue weighted by Crippen LogP contribution is -2.19. The number of fused-ring (bicyclic) bond motifs is 1. The van der Waals surface area contributed by atoms with Crippen molar-refractivity contribution in [2.75, 3.05) is 5.32 Å². The fourth-order valence-electron chi connectivity index (χ4n) is 3.62. The van der Waals surface area contributed by atoms with Gasteiger partial charge in [0, 0.05) is 17.9 Å². The molecule has 0 saturated carbocycles. The minimum absolute atomic E-state index is 0.0180. The van der Waals surface area contributed by atoms with Gasteiger partial charge in [-0.3, -0.25) is 4.79 Å². The SMILES string of the molecule is Cc1ccc(NC(=O)/C(C#N)=C\NC(C)c2ccc3c(c2)CCCC3)c(C)c1. The summed E-state index contributed by atoms with van der Waals surface area (Å²) in [5.41, 5.74) is 6.93. The van der Waals surface area contributed by atoms with Crippen LogP contribution in [0.15, 0.2) is 48.2 Å². The Labute approximate surface area is 167 Å². The van der Waals surface area contributed by atoms with Crippen molar-refractivity contribution in [1.29, 1.82) is 5.26 Å². The summed E-state index contributed by atoms with van der Waals surface area (Å²) >= 11 is 0. The first kappa shape index (κ1) is 19.7. The Hall–Kier alpha value is -3.06. The highest BCUT2D eigenvalue weighted by Gasteiger charge is 2.14. The van der Waals surface area contributed by atoms with Crippen LogP contribution >= 0.6 is 0 Å². The summed E-state index contributed by atoms with van der Waals surface area (Å²) in [4.78, 5) is 12.5. The van der Waals surface area contributed by atoms with Gasteiger partial charge in [-0.2, -0.15) is 5.26 Å².